The molecule has 5 rings (SSSR count). The number of hydrogen-bond donors (Lipinski definition) is 1. The number of carbonyl (C=O) groups excluding carboxylic acids is 2. The lowest BCUT2D eigenvalue weighted by Gasteiger charge is -2.14. The maximum Gasteiger partial charge on any atom is 0.338 e. The van der Waals surface area contributed by atoms with Gasteiger partial charge in [0.1, 0.15) is 5.92 Å². The monoisotopic (exact) mass is 465 g/mol. The third-order valence-corrected chi connectivity index (χ3v) is 5.74. The number of aromatic nitrogens is 3. The van der Waals surface area contributed by atoms with Crippen molar-refractivity contribution in [3.05, 3.63) is 107 Å². The van der Waals surface area contributed by atoms with Crippen LogP contribution in [0.5, 0.6) is 0 Å². The number of hydrogen-bond acceptors (Lipinski definition) is 6. The lowest BCUT2D eigenvalue weighted by Crippen LogP contribution is -2.21. The summed E-state index contributed by atoms with van der Waals surface area (Å²) in [6.07, 6.45) is 3.45. The van der Waals surface area contributed by atoms with Gasteiger partial charge in [-0.1, -0.05) is 53.7 Å². The minimum Gasteiger partial charge on any atom is -0.462 e. The van der Waals surface area contributed by atoms with E-state index >= 15 is 0 Å². The Morgan fingerprint density at radius 1 is 1.06 bits per heavy atom. The van der Waals surface area contributed by atoms with Crippen molar-refractivity contribution in [2.75, 3.05) is 11.9 Å². The Bertz CT molecular complexity index is 1380. The lowest BCUT2D eigenvalue weighted by atomic mass is 9.90. The maximum atomic E-state index is 13.2. The molecule has 1 aliphatic heterocycles. The number of nitrogens with zero attached hydrogens (tertiary/aromatic N) is 4. The van der Waals surface area contributed by atoms with Crippen molar-refractivity contribution in [2.45, 2.75) is 19.4 Å². The second kappa shape index (κ2) is 9.72. The molecule has 0 saturated carbocycles. The molecule has 0 fully saturated rings. The fourth-order valence-electron chi connectivity index (χ4n) is 4.10. The minimum absolute atomic E-state index is 0.189. The molecule has 1 N–H and O–H groups in total. The Morgan fingerprint density at radius 2 is 1.86 bits per heavy atom. The largest absolute Gasteiger partial charge is 0.462 e. The highest BCUT2D eigenvalue weighted by molar-refractivity contribution is 6.24. The van der Waals surface area contributed by atoms with Crippen molar-refractivity contribution in [3.8, 4) is 0 Å². The number of carbonyl (C=O) groups is 2. The molecule has 0 bridgehead atoms. The first-order valence-corrected chi connectivity index (χ1v) is 11.3. The van der Waals surface area contributed by atoms with Gasteiger partial charge >= 0.3 is 5.97 Å². The first kappa shape index (κ1) is 22.2. The molecule has 1 aliphatic rings. The first-order chi connectivity index (χ1) is 17.1. The molecular formula is C27H23N5O3. The molecular weight excluding hydrogens is 442 g/mol. The number of benzene rings is 3. The van der Waals surface area contributed by atoms with Crippen molar-refractivity contribution in [1.82, 2.24) is 15.0 Å². The molecule has 0 saturated heterocycles. The zero-order valence-electron chi connectivity index (χ0n) is 19.1. The topological polar surface area (TPSA) is 98.5 Å². The highest BCUT2D eigenvalue weighted by Gasteiger charge is 2.36. The highest BCUT2D eigenvalue weighted by Crippen LogP contribution is 2.37. The zero-order valence-corrected chi connectivity index (χ0v) is 19.1. The molecule has 174 valence electrons. The summed E-state index contributed by atoms with van der Waals surface area (Å²) in [5.74, 6) is -1.22. The quantitative estimate of drug-likeness (QED) is 0.323. The lowest BCUT2D eigenvalue weighted by molar-refractivity contribution is -0.115. The number of esters is 1. The van der Waals surface area contributed by atoms with E-state index in [-0.39, 0.29) is 12.5 Å². The maximum absolute atomic E-state index is 13.2. The first-order valence-electron chi connectivity index (χ1n) is 11.3. The van der Waals surface area contributed by atoms with Crippen molar-refractivity contribution >= 4 is 29.0 Å². The summed E-state index contributed by atoms with van der Waals surface area (Å²) in [7, 11) is 0. The van der Waals surface area contributed by atoms with Gasteiger partial charge in [-0.25, -0.2) is 9.48 Å². The standard InChI is InChI=1S/C27H23N5O3/c1-2-35-27(34)20-10-13-22-23(16-20)30-26(33)24(22)25(19-6-4-3-5-7-19)29-21-11-8-18(9-12-21)17-32-15-14-28-31-32/h3-16,24H,2,17H2,1H3,(H,30,33). The summed E-state index contributed by atoms with van der Waals surface area (Å²) >= 11 is 0. The molecule has 1 aromatic heterocycles. The van der Waals surface area contributed by atoms with Crippen LogP contribution in [0.15, 0.2) is 90.2 Å². The van der Waals surface area contributed by atoms with Crippen LogP contribution in [0.3, 0.4) is 0 Å². The van der Waals surface area contributed by atoms with Crippen LogP contribution in [0.4, 0.5) is 11.4 Å². The van der Waals surface area contributed by atoms with Crippen LogP contribution in [-0.4, -0.2) is 39.2 Å². The second-order valence-electron chi connectivity index (χ2n) is 8.07. The summed E-state index contributed by atoms with van der Waals surface area (Å²) in [5, 5.41) is 10.7. The van der Waals surface area contributed by atoms with E-state index in [0.717, 1.165) is 22.4 Å². The van der Waals surface area contributed by atoms with E-state index in [9.17, 15) is 9.59 Å². The Hall–Kier alpha value is -4.59. The molecule has 0 radical (unpaired) electrons. The number of ether oxygens (including phenoxy) is 1. The van der Waals surface area contributed by atoms with Crippen LogP contribution in [0.25, 0.3) is 0 Å². The van der Waals surface area contributed by atoms with Crippen LogP contribution in [0, 0.1) is 0 Å². The van der Waals surface area contributed by atoms with Crippen LogP contribution in [-0.2, 0) is 16.1 Å². The summed E-state index contributed by atoms with van der Waals surface area (Å²) < 4.78 is 6.84. The molecule has 35 heavy (non-hydrogen) atoms. The van der Waals surface area contributed by atoms with Gasteiger partial charge < -0.3 is 10.1 Å². The van der Waals surface area contributed by atoms with Crippen molar-refractivity contribution in [3.63, 3.8) is 0 Å². The van der Waals surface area contributed by atoms with Gasteiger partial charge in [-0.05, 0) is 47.9 Å². The van der Waals surface area contributed by atoms with E-state index in [1.165, 1.54) is 0 Å². The minimum atomic E-state index is -0.613. The van der Waals surface area contributed by atoms with Crippen LogP contribution >= 0.6 is 0 Å². The predicted octanol–water partition coefficient (Wildman–Crippen LogP) is 4.36. The summed E-state index contributed by atoms with van der Waals surface area (Å²) in [6.45, 7) is 2.65. The van der Waals surface area contributed by atoms with E-state index < -0.39 is 11.9 Å². The number of aliphatic imine (C=N–C) groups is 1. The fourth-order valence-corrected chi connectivity index (χ4v) is 4.10. The fraction of sp³-hybridized carbons (Fsp3) is 0.148. The van der Waals surface area contributed by atoms with E-state index in [4.69, 9.17) is 9.73 Å². The number of rotatable bonds is 7. The second-order valence-corrected chi connectivity index (χ2v) is 8.07. The molecule has 8 nitrogen and oxygen atoms in total. The molecule has 0 aliphatic carbocycles. The number of anilines is 1. The molecule has 1 unspecified atom stereocenters. The van der Waals surface area contributed by atoms with Gasteiger partial charge in [0.05, 0.1) is 36.3 Å². The van der Waals surface area contributed by atoms with E-state index in [0.29, 0.717) is 23.5 Å². The van der Waals surface area contributed by atoms with Gasteiger partial charge in [-0.15, -0.1) is 5.10 Å². The molecule has 2 heterocycles. The van der Waals surface area contributed by atoms with Gasteiger partial charge in [-0.3, -0.25) is 9.79 Å². The average molecular weight is 466 g/mol. The molecule has 0 spiro atoms. The Morgan fingerprint density at radius 3 is 2.57 bits per heavy atom. The third-order valence-electron chi connectivity index (χ3n) is 5.74. The molecule has 1 amide bonds. The van der Waals surface area contributed by atoms with Crippen LogP contribution < -0.4 is 5.32 Å². The molecule has 4 aromatic rings. The summed E-state index contributed by atoms with van der Waals surface area (Å²) in [6, 6.07) is 22.6. The predicted molar refractivity (Wildman–Crippen MR) is 132 cm³/mol. The number of fused-ring (bicyclic) bond motifs is 1. The van der Waals surface area contributed by atoms with Crippen molar-refractivity contribution < 1.29 is 14.3 Å². The van der Waals surface area contributed by atoms with Crippen molar-refractivity contribution in [2.24, 2.45) is 4.99 Å². The highest BCUT2D eigenvalue weighted by atomic mass is 16.5. The van der Waals surface area contributed by atoms with E-state index in [1.807, 2.05) is 60.8 Å². The van der Waals surface area contributed by atoms with Gasteiger partial charge in [0.15, 0.2) is 0 Å². The van der Waals surface area contributed by atoms with Gasteiger partial charge in [0.25, 0.3) is 0 Å². The van der Waals surface area contributed by atoms with Gasteiger partial charge in [0, 0.05) is 11.9 Å². The number of amides is 1. The summed E-state index contributed by atoms with van der Waals surface area (Å²) in [5.41, 5.74) is 5.04. The molecule has 1 atom stereocenters. The summed E-state index contributed by atoms with van der Waals surface area (Å²) in [4.78, 5) is 30.2. The zero-order chi connectivity index (χ0) is 24.2. The average Bonchev–Trinajstić information content (AvgIpc) is 3.50. The third kappa shape index (κ3) is 4.72. The van der Waals surface area contributed by atoms with Crippen molar-refractivity contribution in [1.29, 1.82) is 0 Å². The Balaban J connectivity index is 1.51. The normalized spacial score (nSPS) is 14.9. The Kier molecular flexibility index (Phi) is 6.17. The SMILES string of the molecule is CCOC(=O)c1ccc2c(c1)NC(=O)C2C(=Nc1ccc(Cn2ccnn2)cc1)c1ccccc1. The molecule has 3 aromatic carbocycles. The van der Waals surface area contributed by atoms with Crippen LogP contribution in [0.1, 0.15) is 39.9 Å². The van der Waals surface area contributed by atoms with E-state index in [2.05, 4.69) is 15.6 Å². The molecule has 8 heteroatoms. The van der Waals surface area contributed by atoms with Crippen LogP contribution in [0.2, 0.25) is 0 Å². The van der Waals surface area contributed by atoms with Gasteiger partial charge in [-0.2, -0.15) is 0 Å². The number of nitrogens with one attached hydrogen (secondary N) is 1. The smallest absolute Gasteiger partial charge is 0.338 e. The van der Waals surface area contributed by atoms with E-state index in [1.54, 1.807) is 36.0 Å². The van der Waals surface area contributed by atoms with Gasteiger partial charge in [0.2, 0.25) is 5.91 Å². The Labute approximate surface area is 202 Å².